The van der Waals surface area contributed by atoms with Crippen LogP contribution in [0.2, 0.25) is 0 Å². The van der Waals surface area contributed by atoms with Crippen molar-refractivity contribution >= 4 is 25.2 Å². The number of rotatable bonds is 6. The maximum atomic E-state index is 5.10. The molecule has 0 aromatic heterocycles. The van der Waals surface area contributed by atoms with Crippen molar-refractivity contribution in [2.24, 2.45) is 0 Å². The predicted molar refractivity (Wildman–Crippen MR) is 53.3 cm³/mol. The van der Waals surface area contributed by atoms with E-state index in [1.807, 2.05) is 0 Å². The number of alkyl halides is 1. The van der Waals surface area contributed by atoms with E-state index in [9.17, 15) is 0 Å². The van der Waals surface area contributed by atoms with E-state index in [0.717, 1.165) is 11.8 Å². The van der Waals surface area contributed by atoms with Gasteiger partial charge in [-0.15, -0.1) is 0 Å². The fourth-order valence-corrected chi connectivity index (χ4v) is 1.90. The minimum Gasteiger partial charge on any atom is -0.397 e. The maximum absolute atomic E-state index is 5.10. The molecule has 0 atom stereocenters. The molecule has 11 heavy (non-hydrogen) atoms. The van der Waals surface area contributed by atoms with Gasteiger partial charge in [-0.1, -0.05) is 22.0 Å². The number of hydrogen-bond donors (Lipinski definition) is 0. The predicted octanol–water partition coefficient (Wildman–Crippen LogP) is 1.77. The molecule has 66 valence electrons. The zero-order chi connectivity index (χ0) is 8.53. The van der Waals surface area contributed by atoms with Crippen molar-refractivity contribution in [2.45, 2.75) is 12.8 Å². The molecule has 0 aromatic rings. The summed E-state index contributed by atoms with van der Waals surface area (Å²) < 4.78 is 10.2. The van der Waals surface area contributed by atoms with Gasteiger partial charge in [-0.2, -0.15) is 0 Å². The SMILES string of the molecule is CO[SiH](C=CCCCBr)OC. The molecule has 0 spiro atoms. The van der Waals surface area contributed by atoms with Crippen LogP contribution in [0, 0.1) is 0 Å². The second kappa shape index (κ2) is 8.45. The fourth-order valence-electron chi connectivity index (χ4n) is 0.656. The quantitative estimate of drug-likeness (QED) is 0.399. The maximum Gasteiger partial charge on any atom is 0.347 e. The van der Waals surface area contributed by atoms with Gasteiger partial charge in [0.05, 0.1) is 0 Å². The smallest absolute Gasteiger partial charge is 0.347 e. The Bertz CT molecular complexity index is 105. The minimum absolute atomic E-state index is 1.06. The summed E-state index contributed by atoms with van der Waals surface area (Å²) in [6.07, 6.45) is 4.40. The Kier molecular flexibility index (Phi) is 8.73. The van der Waals surface area contributed by atoms with Gasteiger partial charge in [0, 0.05) is 19.5 Å². The van der Waals surface area contributed by atoms with Gasteiger partial charge in [-0.25, -0.2) is 0 Å². The number of unbranched alkanes of at least 4 members (excludes halogenated alkanes) is 1. The van der Waals surface area contributed by atoms with Crippen LogP contribution in [0.1, 0.15) is 12.8 Å². The highest BCUT2D eigenvalue weighted by atomic mass is 79.9. The first kappa shape index (κ1) is 11.4. The molecular weight excluding hydrogens is 224 g/mol. The van der Waals surface area contributed by atoms with E-state index in [4.69, 9.17) is 8.85 Å². The summed E-state index contributed by atoms with van der Waals surface area (Å²) >= 11 is 3.37. The Morgan fingerprint density at radius 3 is 2.45 bits per heavy atom. The number of hydrogen-bond acceptors (Lipinski definition) is 2. The average molecular weight is 239 g/mol. The lowest BCUT2D eigenvalue weighted by atomic mass is 10.3. The molecule has 0 rings (SSSR count). The lowest BCUT2D eigenvalue weighted by molar-refractivity contribution is 0.290. The first-order chi connectivity index (χ1) is 5.35. The van der Waals surface area contributed by atoms with Crippen LogP contribution in [0.15, 0.2) is 11.8 Å². The lowest BCUT2D eigenvalue weighted by Gasteiger charge is -2.03. The molecule has 0 aliphatic rings. The summed E-state index contributed by atoms with van der Waals surface area (Å²) in [4.78, 5) is 0. The Labute approximate surface area is 78.6 Å². The molecule has 0 N–H and O–H groups in total. The second-order valence-corrected chi connectivity index (χ2v) is 4.96. The molecule has 2 nitrogen and oxygen atoms in total. The van der Waals surface area contributed by atoms with Crippen LogP contribution in [-0.2, 0) is 8.85 Å². The van der Waals surface area contributed by atoms with Gasteiger partial charge in [0.2, 0.25) is 0 Å². The fraction of sp³-hybridized carbons (Fsp3) is 0.714. The molecule has 4 heteroatoms. The molecule has 0 amide bonds. The summed E-state index contributed by atoms with van der Waals surface area (Å²) in [6, 6.07) is 0. The van der Waals surface area contributed by atoms with Crippen LogP contribution in [0.3, 0.4) is 0 Å². The van der Waals surface area contributed by atoms with Gasteiger partial charge < -0.3 is 8.85 Å². The number of allylic oxidation sites excluding steroid dienone is 1. The first-order valence-electron chi connectivity index (χ1n) is 3.63. The lowest BCUT2D eigenvalue weighted by Crippen LogP contribution is -2.15. The van der Waals surface area contributed by atoms with Crippen molar-refractivity contribution in [3.8, 4) is 0 Å². The monoisotopic (exact) mass is 238 g/mol. The van der Waals surface area contributed by atoms with Crippen molar-refractivity contribution in [1.82, 2.24) is 0 Å². The third kappa shape index (κ3) is 6.74. The summed E-state index contributed by atoms with van der Waals surface area (Å²) in [5.41, 5.74) is 2.06. The first-order valence-corrected chi connectivity index (χ1v) is 6.36. The molecule has 0 heterocycles. The Hall–Kier alpha value is 0.357. The Morgan fingerprint density at radius 2 is 2.00 bits per heavy atom. The number of halogens is 1. The summed E-state index contributed by atoms with van der Waals surface area (Å²) in [5, 5.41) is 1.06. The van der Waals surface area contributed by atoms with Crippen LogP contribution < -0.4 is 0 Å². The van der Waals surface area contributed by atoms with Crippen LogP contribution in [0.5, 0.6) is 0 Å². The van der Waals surface area contributed by atoms with Crippen LogP contribution in [0.4, 0.5) is 0 Å². The van der Waals surface area contributed by atoms with E-state index < -0.39 is 9.28 Å². The van der Waals surface area contributed by atoms with Crippen molar-refractivity contribution in [3.05, 3.63) is 11.8 Å². The topological polar surface area (TPSA) is 18.5 Å². The van der Waals surface area contributed by atoms with Crippen molar-refractivity contribution in [2.75, 3.05) is 19.5 Å². The third-order valence-corrected chi connectivity index (χ3v) is 3.34. The highest BCUT2D eigenvalue weighted by molar-refractivity contribution is 9.09. The van der Waals surface area contributed by atoms with Crippen molar-refractivity contribution < 1.29 is 8.85 Å². The van der Waals surface area contributed by atoms with Crippen LogP contribution in [0.25, 0.3) is 0 Å². The van der Waals surface area contributed by atoms with Gasteiger partial charge in [0.25, 0.3) is 0 Å². The van der Waals surface area contributed by atoms with Gasteiger partial charge >= 0.3 is 9.28 Å². The molecule has 0 aromatic carbocycles. The Balaban J connectivity index is 3.36. The van der Waals surface area contributed by atoms with E-state index in [0.29, 0.717) is 0 Å². The molecule has 0 aliphatic carbocycles. The molecule has 0 unspecified atom stereocenters. The normalized spacial score (nSPS) is 11.6. The minimum atomic E-state index is -1.43. The van der Waals surface area contributed by atoms with E-state index in [2.05, 4.69) is 27.7 Å². The van der Waals surface area contributed by atoms with E-state index in [1.165, 1.54) is 6.42 Å². The standard InChI is InChI=1S/C7H15BrO2Si/c1-9-11(10-2)7-5-3-4-6-8/h5,7,11H,3-4,6H2,1-2H3. The molecule has 0 fully saturated rings. The van der Waals surface area contributed by atoms with Gasteiger partial charge in [0.1, 0.15) is 0 Å². The molecule has 0 radical (unpaired) electrons. The van der Waals surface area contributed by atoms with E-state index in [-0.39, 0.29) is 0 Å². The van der Waals surface area contributed by atoms with Crippen LogP contribution >= 0.6 is 15.9 Å². The highest BCUT2D eigenvalue weighted by Gasteiger charge is 2.01. The molecule has 0 saturated carbocycles. The highest BCUT2D eigenvalue weighted by Crippen LogP contribution is 1.96. The zero-order valence-electron chi connectivity index (χ0n) is 7.05. The van der Waals surface area contributed by atoms with Crippen LogP contribution in [-0.4, -0.2) is 28.8 Å². The zero-order valence-corrected chi connectivity index (χ0v) is 9.79. The second-order valence-electron chi connectivity index (χ2n) is 2.10. The average Bonchev–Trinajstić information content (AvgIpc) is 2.05. The van der Waals surface area contributed by atoms with Gasteiger partial charge in [-0.3, -0.25) is 0 Å². The van der Waals surface area contributed by atoms with E-state index in [1.54, 1.807) is 14.2 Å². The summed E-state index contributed by atoms with van der Waals surface area (Å²) in [5.74, 6) is 0. The van der Waals surface area contributed by atoms with E-state index >= 15 is 0 Å². The Morgan fingerprint density at radius 1 is 1.36 bits per heavy atom. The van der Waals surface area contributed by atoms with Gasteiger partial charge in [0.15, 0.2) is 0 Å². The van der Waals surface area contributed by atoms with Gasteiger partial charge in [-0.05, 0) is 18.5 Å². The summed E-state index contributed by atoms with van der Waals surface area (Å²) in [6.45, 7) is 0. The molecular formula is C7H15BrO2Si. The molecule has 0 aliphatic heterocycles. The molecule has 0 bridgehead atoms. The van der Waals surface area contributed by atoms with Crippen molar-refractivity contribution in [1.29, 1.82) is 0 Å². The largest absolute Gasteiger partial charge is 0.397 e. The van der Waals surface area contributed by atoms with Crippen molar-refractivity contribution in [3.63, 3.8) is 0 Å². The third-order valence-electron chi connectivity index (χ3n) is 1.26. The summed E-state index contributed by atoms with van der Waals surface area (Å²) in [7, 11) is 1.95. The molecule has 0 saturated heterocycles.